The molecule has 1 aliphatic rings. The first-order chi connectivity index (χ1) is 8.75. The molecule has 1 aromatic carbocycles. The van der Waals surface area contributed by atoms with E-state index in [4.69, 9.17) is 0 Å². The number of nitrogens with one attached hydrogen (secondary N) is 1. The number of anilines is 1. The van der Waals surface area contributed by atoms with Crippen LogP contribution in [0, 0.1) is 10.1 Å². The Bertz CT molecular complexity index is 608. The van der Waals surface area contributed by atoms with Crippen LogP contribution in [0.1, 0.15) is 19.3 Å². The van der Waals surface area contributed by atoms with E-state index in [-0.39, 0.29) is 10.6 Å². The summed E-state index contributed by atoms with van der Waals surface area (Å²) in [6.45, 7) is 0. The molecule has 0 saturated heterocycles. The van der Waals surface area contributed by atoms with Crippen molar-refractivity contribution >= 4 is 22.3 Å². The van der Waals surface area contributed by atoms with Crippen LogP contribution in [0.25, 0.3) is 10.9 Å². The zero-order valence-electron chi connectivity index (χ0n) is 9.80. The summed E-state index contributed by atoms with van der Waals surface area (Å²) in [5.41, 5.74) is 1.45. The van der Waals surface area contributed by atoms with Crippen LogP contribution in [0.15, 0.2) is 30.5 Å². The van der Waals surface area contributed by atoms with Gasteiger partial charge in [-0.3, -0.25) is 10.1 Å². The molecule has 0 radical (unpaired) electrons. The van der Waals surface area contributed by atoms with E-state index in [2.05, 4.69) is 10.3 Å². The Morgan fingerprint density at radius 2 is 2.11 bits per heavy atom. The van der Waals surface area contributed by atoms with Crippen LogP contribution < -0.4 is 5.32 Å². The van der Waals surface area contributed by atoms with Crippen molar-refractivity contribution in [3.05, 3.63) is 40.6 Å². The van der Waals surface area contributed by atoms with E-state index >= 15 is 0 Å². The summed E-state index contributed by atoms with van der Waals surface area (Å²) in [7, 11) is 0. The lowest BCUT2D eigenvalue weighted by atomic mass is 9.92. The first-order valence-electron chi connectivity index (χ1n) is 6.04. The first-order valence-corrected chi connectivity index (χ1v) is 6.04. The van der Waals surface area contributed by atoms with Gasteiger partial charge >= 0.3 is 5.69 Å². The SMILES string of the molecule is O=[N+]([O-])c1cnc2ccccc2c1NC1CCC1. The van der Waals surface area contributed by atoms with Gasteiger partial charge in [-0.25, -0.2) is 4.98 Å². The number of para-hydroxylation sites is 1. The monoisotopic (exact) mass is 243 g/mol. The molecule has 18 heavy (non-hydrogen) atoms. The predicted octanol–water partition coefficient (Wildman–Crippen LogP) is 3.11. The van der Waals surface area contributed by atoms with Gasteiger partial charge in [-0.05, 0) is 25.3 Å². The standard InChI is InChI=1S/C13H13N3O2/c17-16(18)12-8-14-11-7-2-1-6-10(11)13(12)15-9-4-3-5-9/h1-2,6-9H,3-5H2,(H,14,15). The third-order valence-corrected chi connectivity index (χ3v) is 3.41. The summed E-state index contributed by atoms with van der Waals surface area (Å²) in [6, 6.07) is 7.85. The predicted molar refractivity (Wildman–Crippen MR) is 69.7 cm³/mol. The van der Waals surface area contributed by atoms with Gasteiger partial charge in [0.15, 0.2) is 0 Å². The molecule has 0 spiro atoms. The maximum atomic E-state index is 11.1. The van der Waals surface area contributed by atoms with Crippen LogP contribution in [-0.4, -0.2) is 15.9 Å². The number of aromatic nitrogens is 1. The van der Waals surface area contributed by atoms with Gasteiger partial charge in [0, 0.05) is 11.4 Å². The zero-order chi connectivity index (χ0) is 12.5. The van der Waals surface area contributed by atoms with E-state index in [9.17, 15) is 10.1 Å². The minimum Gasteiger partial charge on any atom is -0.376 e. The summed E-state index contributed by atoms with van der Waals surface area (Å²) in [4.78, 5) is 14.8. The normalized spacial score (nSPS) is 15.3. The van der Waals surface area contributed by atoms with Crippen LogP contribution in [0.5, 0.6) is 0 Å². The molecule has 0 amide bonds. The number of nitrogens with zero attached hydrogens (tertiary/aromatic N) is 2. The Hall–Kier alpha value is -2.17. The van der Waals surface area contributed by atoms with E-state index in [0.29, 0.717) is 11.7 Å². The largest absolute Gasteiger partial charge is 0.376 e. The molecule has 1 heterocycles. The van der Waals surface area contributed by atoms with Crippen molar-refractivity contribution in [3.63, 3.8) is 0 Å². The number of pyridine rings is 1. The fraction of sp³-hybridized carbons (Fsp3) is 0.308. The van der Waals surface area contributed by atoms with Crippen molar-refractivity contribution in [1.82, 2.24) is 4.98 Å². The van der Waals surface area contributed by atoms with Crippen LogP contribution in [0.4, 0.5) is 11.4 Å². The fourth-order valence-corrected chi connectivity index (χ4v) is 2.18. The molecule has 5 heteroatoms. The highest BCUT2D eigenvalue weighted by Gasteiger charge is 2.23. The van der Waals surface area contributed by atoms with Gasteiger partial charge < -0.3 is 5.32 Å². The Labute approximate surface area is 104 Å². The highest BCUT2D eigenvalue weighted by molar-refractivity contribution is 5.95. The van der Waals surface area contributed by atoms with E-state index in [1.165, 1.54) is 12.6 Å². The molecule has 2 aromatic rings. The molecule has 92 valence electrons. The highest BCUT2D eigenvalue weighted by Crippen LogP contribution is 2.34. The smallest absolute Gasteiger partial charge is 0.311 e. The number of hydrogen-bond donors (Lipinski definition) is 1. The van der Waals surface area contributed by atoms with Gasteiger partial charge in [0.25, 0.3) is 0 Å². The van der Waals surface area contributed by atoms with Crippen LogP contribution in [-0.2, 0) is 0 Å². The third-order valence-electron chi connectivity index (χ3n) is 3.41. The molecule has 1 saturated carbocycles. The highest BCUT2D eigenvalue weighted by atomic mass is 16.6. The number of rotatable bonds is 3. The lowest BCUT2D eigenvalue weighted by Gasteiger charge is -2.27. The van der Waals surface area contributed by atoms with Gasteiger partial charge in [0.2, 0.25) is 0 Å². The molecule has 5 nitrogen and oxygen atoms in total. The average Bonchev–Trinajstić information content (AvgIpc) is 2.33. The van der Waals surface area contributed by atoms with Crippen molar-refractivity contribution in [1.29, 1.82) is 0 Å². The van der Waals surface area contributed by atoms with E-state index < -0.39 is 0 Å². The number of benzene rings is 1. The molecule has 3 rings (SSSR count). The number of fused-ring (bicyclic) bond motifs is 1. The summed E-state index contributed by atoms with van der Waals surface area (Å²) < 4.78 is 0. The third kappa shape index (κ3) is 1.77. The van der Waals surface area contributed by atoms with Crippen LogP contribution in [0.3, 0.4) is 0 Å². The Morgan fingerprint density at radius 1 is 1.33 bits per heavy atom. The lowest BCUT2D eigenvalue weighted by molar-refractivity contribution is -0.384. The number of nitro groups is 1. The maximum Gasteiger partial charge on any atom is 0.311 e. The minimum absolute atomic E-state index is 0.0561. The van der Waals surface area contributed by atoms with Crippen molar-refractivity contribution in [3.8, 4) is 0 Å². The summed E-state index contributed by atoms with van der Waals surface area (Å²) in [5.74, 6) is 0. The van der Waals surface area contributed by atoms with Gasteiger partial charge in [0.05, 0.1) is 10.4 Å². The molecule has 0 atom stereocenters. The van der Waals surface area contributed by atoms with E-state index in [1.54, 1.807) is 0 Å². The molecule has 0 aliphatic heterocycles. The molecular formula is C13H13N3O2. The molecule has 1 N–H and O–H groups in total. The molecular weight excluding hydrogens is 230 g/mol. The Morgan fingerprint density at radius 3 is 2.78 bits per heavy atom. The van der Waals surface area contributed by atoms with Crippen molar-refractivity contribution in [2.24, 2.45) is 0 Å². The molecule has 1 aliphatic carbocycles. The van der Waals surface area contributed by atoms with E-state index in [0.717, 1.165) is 23.7 Å². The maximum absolute atomic E-state index is 11.1. The van der Waals surface area contributed by atoms with Crippen LogP contribution >= 0.6 is 0 Å². The fourth-order valence-electron chi connectivity index (χ4n) is 2.18. The van der Waals surface area contributed by atoms with E-state index in [1.807, 2.05) is 24.3 Å². The first kappa shape index (κ1) is 11.0. The van der Waals surface area contributed by atoms with Crippen molar-refractivity contribution in [2.45, 2.75) is 25.3 Å². The van der Waals surface area contributed by atoms with Gasteiger partial charge in [-0.1, -0.05) is 18.2 Å². The summed E-state index contributed by atoms with van der Waals surface area (Å²) in [6.07, 6.45) is 4.68. The molecule has 0 unspecified atom stereocenters. The molecule has 1 fully saturated rings. The second-order valence-electron chi connectivity index (χ2n) is 4.56. The Kier molecular flexibility index (Phi) is 2.59. The molecule has 1 aromatic heterocycles. The summed E-state index contributed by atoms with van der Waals surface area (Å²) in [5, 5.41) is 15.2. The van der Waals surface area contributed by atoms with Gasteiger partial charge in [-0.2, -0.15) is 0 Å². The summed E-state index contributed by atoms with van der Waals surface area (Å²) >= 11 is 0. The second kappa shape index (κ2) is 4.25. The van der Waals surface area contributed by atoms with Crippen molar-refractivity contribution < 1.29 is 4.92 Å². The van der Waals surface area contributed by atoms with Gasteiger partial charge in [-0.15, -0.1) is 0 Å². The lowest BCUT2D eigenvalue weighted by Crippen LogP contribution is -2.27. The average molecular weight is 243 g/mol. The topological polar surface area (TPSA) is 68.1 Å². The quantitative estimate of drug-likeness (QED) is 0.664. The molecule has 0 bridgehead atoms. The Balaban J connectivity index is 2.14. The number of hydrogen-bond acceptors (Lipinski definition) is 4. The minimum atomic E-state index is -0.375. The van der Waals surface area contributed by atoms with Crippen LogP contribution in [0.2, 0.25) is 0 Å². The second-order valence-corrected chi connectivity index (χ2v) is 4.56. The van der Waals surface area contributed by atoms with Gasteiger partial charge in [0.1, 0.15) is 11.9 Å². The zero-order valence-corrected chi connectivity index (χ0v) is 9.80. The van der Waals surface area contributed by atoms with Crippen molar-refractivity contribution in [2.75, 3.05) is 5.32 Å².